The third-order valence-corrected chi connectivity index (χ3v) is 3.85. The van der Waals surface area contributed by atoms with E-state index in [1.807, 2.05) is 12.1 Å². The molecule has 3 N–H and O–H groups in total. The van der Waals surface area contributed by atoms with E-state index in [-0.39, 0.29) is 0 Å². The number of benzene rings is 1. The van der Waals surface area contributed by atoms with Crippen LogP contribution in [0.5, 0.6) is 5.75 Å². The van der Waals surface area contributed by atoms with E-state index < -0.39 is 0 Å². The van der Waals surface area contributed by atoms with Gasteiger partial charge in [0.2, 0.25) is 0 Å². The highest BCUT2D eigenvalue weighted by Gasteiger charge is 2.19. The number of hydrogen-bond donors (Lipinski definition) is 2. The Balaban J connectivity index is 1.74. The van der Waals surface area contributed by atoms with Crippen molar-refractivity contribution >= 4 is 17.4 Å². The van der Waals surface area contributed by atoms with Gasteiger partial charge >= 0.3 is 0 Å². The fraction of sp³-hybridized carbons (Fsp3) is 0.375. The number of ether oxygens (including phenoxy) is 1. The molecule has 1 aromatic carbocycles. The van der Waals surface area contributed by atoms with Gasteiger partial charge in [0, 0.05) is 29.4 Å². The third-order valence-electron chi connectivity index (χ3n) is 3.60. The van der Waals surface area contributed by atoms with E-state index in [0.29, 0.717) is 30.5 Å². The van der Waals surface area contributed by atoms with Crippen molar-refractivity contribution in [1.29, 1.82) is 0 Å². The summed E-state index contributed by atoms with van der Waals surface area (Å²) in [6.07, 6.45) is 3.16. The van der Waals surface area contributed by atoms with Gasteiger partial charge in [-0.15, -0.1) is 0 Å². The van der Waals surface area contributed by atoms with Gasteiger partial charge in [-0.25, -0.2) is 9.97 Å². The summed E-state index contributed by atoms with van der Waals surface area (Å²) >= 11 is 5.86. The Morgan fingerprint density at radius 1 is 1.18 bits per heavy atom. The topological polar surface area (TPSA) is 73.1 Å². The number of nitrogens with one attached hydrogen (secondary N) is 1. The number of halogens is 1. The minimum absolute atomic E-state index is 0.340. The van der Waals surface area contributed by atoms with E-state index in [1.54, 1.807) is 12.1 Å². The average Bonchev–Trinajstić information content (AvgIpc) is 3.00. The van der Waals surface area contributed by atoms with Crippen molar-refractivity contribution in [2.24, 2.45) is 5.73 Å². The van der Waals surface area contributed by atoms with Crippen molar-refractivity contribution in [3.05, 3.63) is 46.4 Å². The van der Waals surface area contributed by atoms with Crippen molar-refractivity contribution in [1.82, 2.24) is 9.97 Å². The van der Waals surface area contributed by atoms with Crippen LogP contribution in [0.2, 0.25) is 5.02 Å². The molecule has 0 radical (unpaired) electrons. The van der Waals surface area contributed by atoms with Gasteiger partial charge in [-0.3, -0.25) is 0 Å². The summed E-state index contributed by atoms with van der Waals surface area (Å²) in [5.41, 5.74) is 7.92. The molecule has 22 heavy (non-hydrogen) atoms. The van der Waals surface area contributed by atoms with Crippen LogP contribution in [0.3, 0.4) is 0 Å². The smallest absolute Gasteiger partial charge is 0.168 e. The molecule has 1 aliphatic rings. The summed E-state index contributed by atoms with van der Waals surface area (Å²) in [4.78, 5) is 9.21. The summed E-state index contributed by atoms with van der Waals surface area (Å²) in [6.45, 7) is 1.63. The first kappa shape index (κ1) is 15.1. The first-order valence-corrected chi connectivity index (χ1v) is 7.85. The van der Waals surface area contributed by atoms with Gasteiger partial charge in [0.1, 0.15) is 18.2 Å². The normalized spacial score (nSPS) is 13.0. The van der Waals surface area contributed by atoms with Gasteiger partial charge < -0.3 is 15.8 Å². The number of anilines is 1. The van der Waals surface area contributed by atoms with Crippen LogP contribution in [-0.2, 0) is 19.4 Å². The van der Waals surface area contributed by atoms with Crippen LogP contribution in [0.25, 0.3) is 0 Å². The zero-order valence-electron chi connectivity index (χ0n) is 12.3. The molecule has 2 aromatic rings. The molecule has 5 nitrogen and oxygen atoms in total. The minimum atomic E-state index is 0.340. The Morgan fingerprint density at radius 3 is 2.77 bits per heavy atom. The largest absolute Gasteiger partial charge is 0.486 e. The van der Waals surface area contributed by atoms with E-state index in [9.17, 15) is 0 Å². The summed E-state index contributed by atoms with van der Waals surface area (Å²) in [5.74, 6) is 2.35. The SMILES string of the molecule is NCCNc1nc(COc2ccc(Cl)cc2)nc2c1CCC2. The summed E-state index contributed by atoms with van der Waals surface area (Å²) in [7, 11) is 0. The van der Waals surface area contributed by atoms with Crippen LogP contribution < -0.4 is 15.8 Å². The predicted octanol–water partition coefficient (Wildman–Crippen LogP) is 2.57. The molecule has 1 aromatic heterocycles. The molecule has 0 bridgehead atoms. The van der Waals surface area contributed by atoms with Gasteiger partial charge in [0.05, 0.1) is 0 Å². The maximum atomic E-state index is 5.86. The summed E-state index contributed by atoms with van der Waals surface area (Å²) < 4.78 is 5.73. The second kappa shape index (κ2) is 6.94. The Kier molecular flexibility index (Phi) is 4.75. The second-order valence-electron chi connectivity index (χ2n) is 5.23. The van der Waals surface area contributed by atoms with Crippen LogP contribution in [0, 0.1) is 0 Å². The molecule has 0 atom stereocenters. The van der Waals surface area contributed by atoms with Gasteiger partial charge in [-0.2, -0.15) is 0 Å². The van der Waals surface area contributed by atoms with Crippen LogP contribution in [0.4, 0.5) is 5.82 Å². The molecule has 116 valence electrons. The van der Waals surface area contributed by atoms with Gasteiger partial charge in [0.15, 0.2) is 5.82 Å². The lowest BCUT2D eigenvalue weighted by Crippen LogP contribution is -2.17. The van der Waals surface area contributed by atoms with Crippen LogP contribution in [-0.4, -0.2) is 23.1 Å². The molecule has 0 spiro atoms. The molecule has 3 rings (SSSR count). The predicted molar refractivity (Wildman–Crippen MR) is 87.4 cm³/mol. The Hall–Kier alpha value is -1.85. The molecular formula is C16H19ClN4O. The van der Waals surface area contributed by atoms with Crippen LogP contribution in [0.1, 0.15) is 23.5 Å². The van der Waals surface area contributed by atoms with Crippen molar-refractivity contribution in [2.75, 3.05) is 18.4 Å². The molecule has 0 saturated heterocycles. The highest BCUT2D eigenvalue weighted by molar-refractivity contribution is 6.30. The molecule has 1 heterocycles. The quantitative estimate of drug-likeness (QED) is 0.856. The molecule has 1 aliphatic carbocycles. The zero-order chi connectivity index (χ0) is 15.4. The molecule has 6 heteroatoms. The summed E-state index contributed by atoms with van der Waals surface area (Å²) in [6, 6.07) is 7.27. The first-order chi connectivity index (χ1) is 10.8. The summed E-state index contributed by atoms with van der Waals surface area (Å²) in [5, 5.41) is 3.98. The van der Waals surface area contributed by atoms with Gasteiger partial charge in [0.25, 0.3) is 0 Å². The lowest BCUT2D eigenvalue weighted by atomic mass is 10.2. The number of hydrogen-bond acceptors (Lipinski definition) is 5. The van der Waals surface area contributed by atoms with E-state index in [2.05, 4.69) is 15.3 Å². The van der Waals surface area contributed by atoms with Crippen molar-refractivity contribution in [3.8, 4) is 5.75 Å². The number of aromatic nitrogens is 2. The fourth-order valence-corrected chi connectivity index (χ4v) is 2.69. The zero-order valence-corrected chi connectivity index (χ0v) is 13.1. The lowest BCUT2D eigenvalue weighted by molar-refractivity contribution is 0.295. The van der Waals surface area contributed by atoms with Crippen molar-refractivity contribution in [3.63, 3.8) is 0 Å². The Morgan fingerprint density at radius 2 is 2.00 bits per heavy atom. The Labute approximate surface area is 134 Å². The van der Waals surface area contributed by atoms with Crippen LogP contribution >= 0.6 is 11.6 Å². The lowest BCUT2D eigenvalue weighted by Gasteiger charge is -2.12. The minimum Gasteiger partial charge on any atom is -0.486 e. The maximum Gasteiger partial charge on any atom is 0.168 e. The van der Waals surface area contributed by atoms with E-state index >= 15 is 0 Å². The molecular weight excluding hydrogens is 300 g/mol. The number of rotatable bonds is 6. The molecule has 0 unspecified atom stereocenters. The van der Waals surface area contributed by atoms with Gasteiger partial charge in [-0.1, -0.05) is 11.6 Å². The third kappa shape index (κ3) is 3.48. The number of aryl methyl sites for hydroxylation is 1. The second-order valence-corrected chi connectivity index (χ2v) is 5.66. The van der Waals surface area contributed by atoms with E-state index in [4.69, 9.17) is 22.1 Å². The average molecular weight is 319 g/mol. The monoisotopic (exact) mass is 318 g/mol. The number of nitrogens with zero attached hydrogens (tertiary/aromatic N) is 2. The van der Waals surface area contributed by atoms with Crippen molar-refractivity contribution < 1.29 is 4.74 Å². The molecule has 0 amide bonds. The highest BCUT2D eigenvalue weighted by atomic mass is 35.5. The fourth-order valence-electron chi connectivity index (χ4n) is 2.56. The van der Waals surface area contributed by atoms with E-state index in [0.717, 1.165) is 36.5 Å². The molecule has 0 aliphatic heterocycles. The van der Waals surface area contributed by atoms with E-state index in [1.165, 1.54) is 5.56 Å². The molecule has 0 saturated carbocycles. The standard InChI is InChI=1S/C16H19ClN4O/c17-11-4-6-12(7-5-11)22-10-15-20-14-3-1-2-13(14)16(21-15)19-9-8-18/h4-7H,1-3,8-10,18H2,(H,19,20,21). The maximum absolute atomic E-state index is 5.86. The number of nitrogens with two attached hydrogens (primary N) is 1. The van der Waals surface area contributed by atoms with Crippen LogP contribution in [0.15, 0.2) is 24.3 Å². The molecule has 0 fully saturated rings. The van der Waals surface area contributed by atoms with Gasteiger partial charge in [-0.05, 0) is 43.5 Å². The first-order valence-electron chi connectivity index (χ1n) is 7.47. The number of fused-ring (bicyclic) bond motifs is 1. The Bertz CT molecular complexity index is 645. The highest BCUT2D eigenvalue weighted by Crippen LogP contribution is 2.26. The van der Waals surface area contributed by atoms with Crippen molar-refractivity contribution in [2.45, 2.75) is 25.9 Å².